The van der Waals surface area contributed by atoms with Gasteiger partial charge in [0.15, 0.2) is 0 Å². The first-order valence-corrected chi connectivity index (χ1v) is 7.30. The van der Waals surface area contributed by atoms with Crippen LogP contribution in [0.1, 0.15) is 22.8 Å². The number of rotatable bonds is 3. The van der Waals surface area contributed by atoms with E-state index in [-0.39, 0.29) is 11.3 Å². The molecule has 0 aliphatic heterocycles. The molecule has 110 valence electrons. The van der Waals surface area contributed by atoms with E-state index < -0.39 is 11.7 Å². The summed E-state index contributed by atoms with van der Waals surface area (Å²) in [6.07, 6.45) is 0. The predicted octanol–water partition coefficient (Wildman–Crippen LogP) is 4.27. The van der Waals surface area contributed by atoms with Crippen LogP contribution >= 0.6 is 15.9 Å². The number of hydrogen-bond donors (Lipinski definition) is 1. The number of phenolic OH excluding ortho intramolecular Hbond substituents is 1. The zero-order chi connectivity index (χ0) is 15.6. The maximum atomic E-state index is 14.0. The zero-order valence-corrected chi connectivity index (χ0v) is 13.3. The summed E-state index contributed by atoms with van der Waals surface area (Å²) in [5.74, 6) is -0.944. The van der Waals surface area contributed by atoms with Gasteiger partial charge in [-0.15, -0.1) is 0 Å². The molecule has 0 radical (unpaired) electrons. The minimum Gasteiger partial charge on any atom is -0.508 e. The van der Waals surface area contributed by atoms with E-state index in [4.69, 9.17) is 0 Å². The van der Waals surface area contributed by atoms with Crippen molar-refractivity contribution >= 4 is 27.5 Å². The molecule has 1 N–H and O–H groups in total. The number of nitrogens with zero attached hydrogens (tertiary/aromatic N) is 1. The molecular weight excluding hydrogens is 337 g/mol. The van der Waals surface area contributed by atoms with Crippen molar-refractivity contribution < 1.29 is 14.3 Å². The van der Waals surface area contributed by atoms with Crippen LogP contribution in [0.15, 0.2) is 40.9 Å². The number of carbonyl (C=O) groups excluding carboxylic acids is 1. The highest BCUT2D eigenvalue weighted by atomic mass is 79.9. The molecule has 0 spiro atoms. The van der Waals surface area contributed by atoms with E-state index in [2.05, 4.69) is 15.9 Å². The maximum absolute atomic E-state index is 14.0. The molecule has 3 nitrogen and oxygen atoms in total. The van der Waals surface area contributed by atoms with Crippen LogP contribution in [0.4, 0.5) is 10.1 Å². The second-order valence-corrected chi connectivity index (χ2v) is 5.56. The Morgan fingerprint density at radius 2 is 2.00 bits per heavy atom. The predicted molar refractivity (Wildman–Crippen MR) is 84.3 cm³/mol. The summed E-state index contributed by atoms with van der Waals surface area (Å²) >= 11 is 3.17. The number of aryl methyl sites for hydroxylation is 1. The summed E-state index contributed by atoms with van der Waals surface area (Å²) in [5.41, 5.74) is 1.41. The molecule has 1 amide bonds. The van der Waals surface area contributed by atoms with Crippen molar-refractivity contribution in [1.82, 2.24) is 0 Å². The van der Waals surface area contributed by atoms with Crippen LogP contribution in [-0.4, -0.2) is 17.6 Å². The van der Waals surface area contributed by atoms with E-state index in [1.807, 2.05) is 6.92 Å². The van der Waals surface area contributed by atoms with Crippen molar-refractivity contribution in [3.05, 3.63) is 57.8 Å². The Balaban J connectivity index is 2.45. The second-order valence-electron chi connectivity index (χ2n) is 4.64. The van der Waals surface area contributed by atoms with Crippen molar-refractivity contribution in [1.29, 1.82) is 0 Å². The lowest BCUT2D eigenvalue weighted by Gasteiger charge is -2.23. The highest BCUT2D eigenvalue weighted by Gasteiger charge is 2.21. The quantitative estimate of drug-likeness (QED) is 0.896. The molecule has 0 saturated heterocycles. The first kappa shape index (κ1) is 15.5. The van der Waals surface area contributed by atoms with Gasteiger partial charge in [0, 0.05) is 17.1 Å². The fourth-order valence-electron chi connectivity index (χ4n) is 2.12. The molecule has 21 heavy (non-hydrogen) atoms. The van der Waals surface area contributed by atoms with E-state index >= 15 is 0 Å². The maximum Gasteiger partial charge on any atom is 0.261 e. The van der Waals surface area contributed by atoms with Gasteiger partial charge in [-0.25, -0.2) is 4.39 Å². The fourth-order valence-corrected chi connectivity index (χ4v) is 2.45. The molecule has 0 aliphatic carbocycles. The summed E-state index contributed by atoms with van der Waals surface area (Å²) in [4.78, 5) is 14.0. The van der Waals surface area contributed by atoms with Crippen LogP contribution in [0.5, 0.6) is 5.75 Å². The third-order valence-corrected chi connectivity index (χ3v) is 3.70. The molecule has 2 rings (SSSR count). The van der Waals surface area contributed by atoms with Crippen molar-refractivity contribution in [2.24, 2.45) is 0 Å². The van der Waals surface area contributed by atoms with Crippen molar-refractivity contribution in [2.45, 2.75) is 13.8 Å². The number of benzene rings is 2. The number of anilines is 1. The molecule has 0 heterocycles. The topological polar surface area (TPSA) is 40.5 Å². The van der Waals surface area contributed by atoms with Crippen molar-refractivity contribution in [3.63, 3.8) is 0 Å². The highest BCUT2D eigenvalue weighted by molar-refractivity contribution is 9.10. The lowest BCUT2D eigenvalue weighted by Crippen LogP contribution is -2.31. The molecule has 0 aromatic heterocycles. The molecule has 0 fully saturated rings. The second kappa shape index (κ2) is 6.26. The van der Waals surface area contributed by atoms with Crippen LogP contribution < -0.4 is 4.90 Å². The zero-order valence-electron chi connectivity index (χ0n) is 11.7. The summed E-state index contributed by atoms with van der Waals surface area (Å²) in [5, 5.41) is 9.61. The average Bonchev–Trinajstić information content (AvgIpc) is 2.43. The average molecular weight is 352 g/mol. The first-order valence-electron chi connectivity index (χ1n) is 6.50. The molecule has 2 aromatic carbocycles. The fraction of sp³-hybridized carbons (Fsp3) is 0.188. The minimum absolute atomic E-state index is 0.00259. The standard InChI is InChI=1S/C16H15BrFNO2/c1-3-19(15-9-12(20)6-4-10(15)2)16(21)13-7-5-11(17)8-14(13)18/h4-9,20H,3H2,1-2H3. The lowest BCUT2D eigenvalue weighted by molar-refractivity contribution is 0.0984. The lowest BCUT2D eigenvalue weighted by atomic mass is 10.1. The van der Waals surface area contributed by atoms with Gasteiger partial charge in [0.1, 0.15) is 11.6 Å². The van der Waals surface area contributed by atoms with Crippen LogP contribution in [0.2, 0.25) is 0 Å². The summed E-state index contributed by atoms with van der Waals surface area (Å²) in [7, 11) is 0. The summed E-state index contributed by atoms with van der Waals surface area (Å²) < 4.78 is 14.5. The van der Waals surface area contributed by atoms with Gasteiger partial charge >= 0.3 is 0 Å². The number of hydrogen-bond acceptors (Lipinski definition) is 2. The van der Waals surface area contributed by atoms with E-state index in [0.717, 1.165) is 5.56 Å². The smallest absolute Gasteiger partial charge is 0.261 e. The largest absolute Gasteiger partial charge is 0.508 e. The highest BCUT2D eigenvalue weighted by Crippen LogP contribution is 2.27. The van der Waals surface area contributed by atoms with Gasteiger partial charge in [-0.2, -0.15) is 0 Å². The molecule has 0 atom stereocenters. The minimum atomic E-state index is -0.578. The Morgan fingerprint density at radius 1 is 1.29 bits per heavy atom. The SMILES string of the molecule is CCN(C(=O)c1ccc(Br)cc1F)c1cc(O)ccc1C. The van der Waals surface area contributed by atoms with Crippen LogP contribution in [0, 0.1) is 12.7 Å². The van der Waals surface area contributed by atoms with Gasteiger partial charge in [0.05, 0.1) is 11.3 Å². The molecule has 0 aliphatic rings. The summed E-state index contributed by atoms with van der Waals surface area (Å²) in [6, 6.07) is 9.11. The number of phenols is 1. The van der Waals surface area contributed by atoms with E-state index in [9.17, 15) is 14.3 Å². The molecule has 0 saturated carbocycles. The number of carbonyl (C=O) groups is 1. The molecule has 0 bridgehead atoms. The van der Waals surface area contributed by atoms with Crippen molar-refractivity contribution in [3.8, 4) is 5.75 Å². The van der Waals surface area contributed by atoms with E-state index in [1.54, 1.807) is 25.1 Å². The Bertz CT molecular complexity index is 688. The van der Waals surface area contributed by atoms with Gasteiger partial charge in [0.25, 0.3) is 5.91 Å². The van der Waals surface area contributed by atoms with Crippen LogP contribution in [-0.2, 0) is 0 Å². The van der Waals surface area contributed by atoms with Gasteiger partial charge in [-0.3, -0.25) is 4.79 Å². The van der Waals surface area contributed by atoms with Crippen LogP contribution in [0.25, 0.3) is 0 Å². The monoisotopic (exact) mass is 351 g/mol. The summed E-state index contributed by atoms with van der Waals surface area (Å²) in [6.45, 7) is 4.01. The number of halogens is 2. The molecule has 0 unspecified atom stereocenters. The normalized spacial score (nSPS) is 10.5. The Kier molecular flexibility index (Phi) is 4.63. The van der Waals surface area contributed by atoms with E-state index in [0.29, 0.717) is 16.7 Å². The molecular formula is C16H15BrFNO2. The van der Waals surface area contributed by atoms with Gasteiger partial charge < -0.3 is 10.0 Å². The van der Waals surface area contributed by atoms with E-state index in [1.165, 1.54) is 23.1 Å². The Hall–Kier alpha value is -1.88. The molecule has 2 aromatic rings. The Labute approximate surface area is 131 Å². The third-order valence-electron chi connectivity index (χ3n) is 3.21. The number of aromatic hydroxyl groups is 1. The number of amides is 1. The van der Waals surface area contributed by atoms with Gasteiger partial charge in [0.2, 0.25) is 0 Å². The van der Waals surface area contributed by atoms with Gasteiger partial charge in [-0.05, 0) is 43.7 Å². The van der Waals surface area contributed by atoms with Crippen LogP contribution in [0.3, 0.4) is 0 Å². The molecule has 5 heteroatoms. The van der Waals surface area contributed by atoms with Gasteiger partial charge in [-0.1, -0.05) is 22.0 Å². The third kappa shape index (κ3) is 3.24. The Morgan fingerprint density at radius 3 is 2.62 bits per heavy atom. The van der Waals surface area contributed by atoms with Crippen molar-refractivity contribution in [2.75, 3.05) is 11.4 Å². The first-order chi connectivity index (χ1) is 9.93.